The summed E-state index contributed by atoms with van der Waals surface area (Å²) in [5.74, 6) is 0.404. The van der Waals surface area contributed by atoms with Crippen molar-refractivity contribution in [1.29, 1.82) is 5.26 Å². The molecule has 1 aliphatic heterocycles. The van der Waals surface area contributed by atoms with Crippen molar-refractivity contribution in [3.63, 3.8) is 0 Å². The number of methoxy groups -OCH3 is 1. The Balaban J connectivity index is 1.83. The van der Waals surface area contributed by atoms with Gasteiger partial charge in [-0.05, 0) is 29.7 Å². The van der Waals surface area contributed by atoms with Gasteiger partial charge in [0.2, 0.25) is 0 Å². The molecule has 0 amide bonds. The molecule has 0 atom stereocenters. The van der Waals surface area contributed by atoms with E-state index < -0.39 is 18.7 Å². The van der Waals surface area contributed by atoms with Crippen molar-refractivity contribution in [3.05, 3.63) is 52.2 Å². The van der Waals surface area contributed by atoms with Gasteiger partial charge in [0.1, 0.15) is 23.3 Å². The molecule has 10 heteroatoms. The molecule has 0 spiro atoms. The van der Waals surface area contributed by atoms with Crippen molar-refractivity contribution in [2.75, 3.05) is 32.1 Å². The third-order valence-corrected chi connectivity index (χ3v) is 4.97. The second-order valence-corrected chi connectivity index (χ2v) is 6.99. The number of anilines is 1. The lowest BCUT2D eigenvalue weighted by Gasteiger charge is -2.31. The summed E-state index contributed by atoms with van der Waals surface area (Å²) >= 11 is 0. The molecule has 1 aromatic heterocycles. The highest BCUT2D eigenvalue weighted by Crippen LogP contribution is 2.33. The molecule has 0 saturated carbocycles. The third-order valence-electron chi connectivity index (χ3n) is 4.97. The van der Waals surface area contributed by atoms with E-state index in [-0.39, 0.29) is 11.3 Å². The summed E-state index contributed by atoms with van der Waals surface area (Å²) in [6, 6.07) is 8.24. The molecule has 2 aromatic rings. The van der Waals surface area contributed by atoms with E-state index in [1.54, 1.807) is 12.1 Å². The van der Waals surface area contributed by atoms with Crippen LogP contribution in [0.1, 0.15) is 34.4 Å². The normalized spacial score (nSPS) is 13.9. The number of pyridine rings is 1. The SMILES string of the molecule is COCCNc1nc(C(F)F)c(C#N)c2c1CN(Cc1ccc(OC(F)F)cc1)CC2. The predicted molar refractivity (Wildman–Crippen MR) is 105 cm³/mol. The van der Waals surface area contributed by atoms with Crippen LogP contribution in [0.2, 0.25) is 0 Å². The first-order valence-electron chi connectivity index (χ1n) is 9.65. The fourth-order valence-corrected chi connectivity index (χ4v) is 3.58. The molecular formula is C21H22F4N4O2. The number of ether oxygens (including phenoxy) is 2. The fraction of sp³-hybridized carbons (Fsp3) is 0.429. The summed E-state index contributed by atoms with van der Waals surface area (Å²) in [7, 11) is 1.54. The van der Waals surface area contributed by atoms with Crippen molar-refractivity contribution >= 4 is 5.82 Å². The Morgan fingerprint density at radius 2 is 1.94 bits per heavy atom. The third kappa shape index (κ3) is 5.62. The van der Waals surface area contributed by atoms with Gasteiger partial charge in [0.15, 0.2) is 0 Å². The highest BCUT2D eigenvalue weighted by Gasteiger charge is 2.28. The Morgan fingerprint density at radius 1 is 1.19 bits per heavy atom. The largest absolute Gasteiger partial charge is 0.435 e. The molecule has 0 saturated heterocycles. The van der Waals surface area contributed by atoms with Gasteiger partial charge in [-0.2, -0.15) is 14.0 Å². The first-order valence-corrected chi connectivity index (χ1v) is 9.65. The van der Waals surface area contributed by atoms with Gasteiger partial charge in [0.25, 0.3) is 6.43 Å². The van der Waals surface area contributed by atoms with Gasteiger partial charge in [-0.15, -0.1) is 0 Å². The first kappa shape index (κ1) is 22.8. The lowest BCUT2D eigenvalue weighted by molar-refractivity contribution is -0.0498. The van der Waals surface area contributed by atoms with Gasteiger partial charge in [0.05, 0.1) is 12.2 Å². The average molecular weight is 438 g/mol. The molecule has 1 N–H and O–H groups in total. The molecule has 166 valence electrons. The minimum atomic E-state index is -2.88. The van der Waals surface area contributed by atoms with Crippen molar-refractivity contribution in [1.82, 2.24) is 9.88 Å². The van der Waals surface area contributed by atoms with E-state index in [0.29, 0.717) is 56.2 Å². The van der Waals surface area contributed by atoms with Gasteiger partial charge in [-0.3, -0.25) is 4.90 Å². The fourth-order valence-electron chi connectivity index (χ4n) is 3.58. The zero-order chi connectivity index (χ0) is 22.4. The minimum Gasteiger partial charge on any atom is -0.435 e. The Labute approximate surface area is 177 Å². The maximum Gasteiger partial charge on any atom is 0.387 e. The van der Waals surface area contributed by atoms with Crippen LogP contribution in [-0.4, -0.2) is 43.3 Å². The van der Waals surface area contributed by atoms with E-state index in [9.17, 15) is 22.8 Å². The van der Waals surface area contributed by atoms with E-state index in [1.165, 1.54) is 19.2 Å². The van der Waals surface area contributed by atoms with Crippen LogP contribution in [0.3, 0.4) is 0 Å². The summed E-state index contributed by atoms with van der Waals surface area (Å²) in [5, 5.41) is 12.5. The number of nitriles is 1. The highest BCUT2D eigenvalue weighted by molar-refractivity contribution is 5.58. The van der Waals surface area contributed by atoms with Crippen LogP contribution in [0.15, 0.2) is 24.3 Å². The summed E-state index contributed by atoms with van der Waals surface area (Å²) < 4.78 is 61.0. The van der Waals surface area contributed by atoms with Crippen LogP contribution in [0.5, 0.6) is 5.75 Å². The van der Waals surface area contributed by atoms with E-state index in [1.807, 2.05) is 6.07 Å². The Hall–Kier alpha value is -2.90. The van der Waals surface area contributed by atoms with Crippen molar-refractivity contribution in [2.45, 2.75) is 32.5 Å². The lowest BCUT2D eigenvalue weighted by atomic mass is 9.94. The molecule has 0 unspecified atom stereocenters. The molecule has 0 fully saturated rings. The number of aromatic nitrogens is 1. The highest BCUT2D eigenvalue weighted by atomic mass is 19.3. The summed E-state index contributed by atoms with van der Waals surface area (Å²) in [4.78, 5) is 6.14. The number of halogens is 4. The van der Waals surface area contributed by atoms with Gasteiger partial charge < -0.3 is 14.8 Å². The standard InChI is InChI=1S/C21H22F4N4O2/c1-30-9-7-27-20-17-12-29(11-13-2-4-14(5-3-13)31-21(24)25)8-6-15(17)16(10-26)18(28-20)19(22)23/h2-5,19,21H,6-9,11-12H2,1H3,(H,27,28). The van der Waals surface area contributed by atoms with E-state index in [4.69, 9.17) is 4.74 Å². The van der Waals surface area contributed by atoms with Crippen LogP contribution in [0.25, 0.3) is 0 Å². The first-order chi connectivity index (χ1) is 14.9. The second kappa shape index (κ2) is 10.4. The van der Waals surface area contributed by atoms with Crippen LogP contribution in [-0.2, 0) is 24.2 Å². The van der Waals surface area contributed by atoms with E-state index in [0.717, 1.165) is 5.56 Å². The molecule has 6 nitrogen and oxygen atoms in total. The van der Waals surface area contributed by atoms with Crippen LogP contribution >= 0.6 is 0 Å². The second-order valence-electron chi connectivity index (χ2n) is 6.99. The Kier molecular flexibility index (Phi) is 7.65. The molecule has 3 rings (SSSR count). The quantitative estimate of drug-likeness (QED) is 0.470. The summed E-state index contributed by atoms with van der Waals surface area (Å²) in [6.07, 6.45) is -2.43. The lowest BCUT2D eigenvalue weighted by Crippen LogP contribution is -2.32. The smallest absolute Gasteiger partial charge is 0.387 e. The maximum absolute atomic E-state index is 13.5. The maximum atomic E-state index is 13.5. The number of nitrogens with zero attached hydrogens (tertiary/aromatic N) is 3. The minimum absolute atomic E-state index is 0.0598. The number of benzene rings is 1. The average Bonchev–Trinajstić information content (AvgIpc) is 2.74. The van der Waals surface area contributed by atoms with Crippen LogP contribution in [0.4, 0.5) is 23.4 Å². The zero-order valence-corrected chi connectivity index (χ0v) is 16.9. The van der Waals surface area contributed by atoms with Crippen molar-refractivity contribution < 1.29 is 27.0 Å². The molecular weight excluding hydrogens is 416 g/mol. The van der Waals surface area contributed by atoms with Gasteiger partial charge >= 0.3 is 6.61 Å². The molecule has 0 radical (unpaired) electrons. The molecule has 1 aliphatic rings. The number of alkyl halides is 4. The molecule has 2 heterocycles. The Bertz CT molecular complexity index is 932. The number of hydrogen-bond acceptors (Lipinski definition) is 6. The number of fused-ring (bicyclic) bond motifs is 1. The van der Waals surface area contributed by atoms with E-state index in [2.05, 4.69) is 19.9 Å². The Morgan fingerprint density at radius 3 is 2.55 bits per heavy atom. The molecule has 31 heavy (non-hydrogen) atoms. The number of hydrogen-bond donors (Lipinski definition) is 1. The van der Waals surface area contributed by atoms with Crippen molar-refractivity contribution in [2.24, 2.45) is 0 Å². The summed E-state index contributed by atoms with van der Waals surface area (Å²) in [6.45, 7) is -0.641. The number of rotatable bonds is 9. The van der Waals surface area contributed by atoms with E-state index >= 15 is 0 Å². The molecule has 0 aliphatic carbocycles. The van der Waals surface area contributed by atoms with Crippen molar-refractivity contribution in [3.8, 4) is 11.8 Å². The van der Waals surface area contributed by atoms with Gasteiger partial charge in [-0.25, -0.2) is 13.8 Å². The predicted octanol–water partition coefficient (Wildman–Crippen LogP) is 4.11. The molecule has 0 bridgehead atoms. The van der Waals surface area contributed by atoms with Gasteiger partial charge in [-0.1, -0.05) is 12.1 Å². The van der Waals surface area contributed by atoms with Crippen LogP contribution in [0, 0.1) is 11.3 Å². The van der Waals surface area contributed by atoms with Crippen LogP contribution < -0.4 is 10.1 Å². The number of nitrogens with one attached hydrogen (secondary N) is 1. The summed E-state index contributed by atoms with van der Waals surface area (Å²) in [5.41, 5.74) is 1.61. The zero-order valence-electron chi connectivity index (χ0n) is 16.9. The topological polar surface area (TPSA) is 70.4 Å². The van der Waals surface area contributed by atoms with Gasteiger partial charge in [0, 0.05) is 38.9 Å². The monoisotopic (exact) mass is 438 g/mol. The molecule has 1 aromatic carbocycles.